The van der Waals surface area contributed by atoms with Crippen molar-refractivity contribution in [2.75, 3.05) is 12.8 Å². The highest BCUT2D eigenvalue weighted by molar-refractivity contribution is 9.10. The maximum Gasteiger partial charge on any atom is 0.182 e. The van der Waals surface area contributed by atoms with Gasteiger partial charge in [0.25, 0.3) is 0 Å². The smallest absolute Gasteiger partial charge is 0.182 e. The van der Waals surface area contributed by atoms with Crippen molar-refractivity contribution in [1.82, 2.24) is 0 Å². The topological polar surface area (TPSA) is 55.5 Å². The van der Waals surface area contributed by atoms with Gasteiger partial charge in [-0.1, -0.05) is 0 Å². The fourth-order valence-electron chi connectivity index (χ4n) is 2.14. The van der Waals surface area contributed by atoms with Crippen LogP contribution in [0.1, 0.15) is 24.0 Å². The number of anilines is 1. The number of hydrogen-bond acceptors (Lipinski definition) is 3. The number of benzene rings is 1. The maximum atomic E-state index is 9.85. The van der Waals surface area contributed by atoms with Crippen LogP contribution < -0.4 is 10.5 Å². The highest BCUT2D eigenvalue weighted by Gasteiger charge is 2.23. The Morgan fingerprint density at radius 3 is 2.47 bits per heavy atom. The van der Waals surface area contributed by atoms with E-state index in [1.165, 1.54) is 19.1 Å². The first-order chi connectivity index (χ1) is 7.16. The normalized spacial score (nSPS) is 14.8. The van der Waals surface area contributed by atoms with Gasteiger partial charge in [-0.15, -0.1) is 0 Å². The average molecular weight is 272 g/mol. The highest BCUT2D eigenvalue weighted by Crippen LogP contribution is 2.46. The van der Waals surface area contributed by atoms with E-state index in [1.54, 1.807) is 0 Å². The molecular formula is C11H14BrNO2. The van der Waals surface area contributed by atoms with Crippen LogP contribution >= 0.6 is 15.9 Å². The number of hydrogen-bond donors (Lipinski definition) is 2. The minimum absolute atomic E-state index is 0.0602. The number of phenolic OH excluding ortho intramolecular Hbond substituents is 1. The van der Waals surface area contributed by atoms with Crippen molar-refractivity contribution in [2.24, 2.45) is 0 Å². The number of rotatable bonds is 1. The van der Waals surface area contributed by atoms with Crippen LogP contribution in [0.3, 0.4) is 0 Å². The third-order valence-electron chi connectivity index (χ3n) is 2.93. The van der Waals surface area contributed by atoms with Crippen molar-refractivity contribution in [3.63, 3.8) is 0 Å². The van der Waals surface area contributed by atoms with Crippen LogP contribution in [0, 0.1) is 0 Å². The summed E-state index contributed by atoms with van der Waals surface area (Å²) in [6.07, 6.45) is 4.24. The molecule has 0 aromatic heterocycles. The first kappa shape index (κ1) is 10.6. The van der Waals surface area contributed by atoms with Crippen molar-refractivity contribution in [3.05, 3.63) is 15.6 Å². The monoisotopic (exact) mass is 271 g/mol. The van der Waals surface area contributed by atoms with E-state index in [0.717, 1.165) is 29.3 Å². The van der Waals surface area contributed by atoms with Gasteiger partial charge in [0.1, 0.15) is 0 Å². The van der Waals surface area contributed by atoms with E-state index in [-0.39, 0.29) is 5.75 Å². The summed E-state index contributed by atoms with van der Waals surface area (Å²) in [5, 5.41) is 9.85. The summed E-state index contributed by atoms with van der Waals surface area (Å²) < 4.78 is 6.00. The van der Waals surface area contributed by atoms with Crippen LogP contribution in [-0.2, 0) is 12.8 Å². The molecule has 0 spiro atoms. The summed E-state index contributed by atoms with van der Waals surface area (Å²) in [5.74, 6) is 0.512. The van der Waals surface area contributed by atoms with Crippen molar-refractivity contribution in [3.8, 4) is 11.5 Å². The largest absolute Gasteiger partial charge is 0.503 e. The lowest BCUT2D eigenvalue weighted by Gasteiger charge is -2.22. The van der Waals surface area contributed by atoms with E-state index < -0.39 is 0 Å². The Labute approximate surface area is 97.4 Å². The highest BCUT2D eigenvalue weighted by atomic mass is 79.9. The SMILES string of the molecule is COc1c(O)c(N)c2c(c1Br)CCCC2. The molecule has 0 unspecified atom stereocenters. The van der Waals surface area contributed by atoms with Crippen LogP contribution in [0.4, 0.5) is 5.69 Å². The van der Waals surface area contributed by atoms with Crippen LogP contribution in [0.2, 0.25) is 0 Å². The second kappa shape index (κ2) is 3.93. The first-order valence-corrected chi connectivity index (χ1v) is 5.81. The standard InChI is InChI=1S/C11H14BrNO2/c1-15-11-8(12)6-4-2-3-5-7(6)9(13)10(11)14/h14H,2-5,13H2,1H3. The van der Waals surface area contributed by atoms with Gasteiger partial charge < -0.3 is 15.6 Å². The number of nitrogen functional groups attached to an aromatic ring is 1. The minimum Gasteiger partial charge on any atom is -0.503 e. The Balaban J connectivity index is 2.69. The molecule has 1 aliphatic rings. The van der Waals surface area contributed by atoms with Gasteiger partial charge in [0.2, 0.25) is 0 Å². The van der Waals surface area contributed by atoms with Crippen molar-refractivity contribution in [1.29, 1.82) is 0 Å². The molecular weight excluding hydrogens is 258 g/mol. The summed E-state index contributed by atoms with van der Waals surface area (Å²) in [4.78, 5) is 0. The van der Waals surface area contributed by atoms with Crippen molar-refractivity contribution in [2.45, 2.75) is 25.7 Å². The quantitative estimate of drug-likeness (QED) is 0.610. The summed E-state index contributed by atoms with van der Waals surface area (Å²) in [7, 11) is 1.54. The Hall–Kier alpha value is -0.900. The van der Waals surface area contributed by atoms with Crippen LogP contribution in [0.25, 0.3) is 0 Å². The number of ether oxygens (including phenoxy) is 1. The third-order valence-corrected chi connectivity index (χ3v) is 3.77. The van der Waals surface area contributed by atoms with Gasteiger partial charge in [0.15, 0.2) is 11.5 Å². The molecule has 82 valence electrons. The summed E-state index contributed by atoms with van der Waals surface area (Å²) in [6, 6.07) is 0. The molecule has 0 bridgehead atoms. The van der Waals surface area contributed by atoms with Crippen LogP contribution in [0.5, 0.6) is 11.5 Å². The molecule has 0 radical (unpaired) electrons. The molecule has 0 atom stereocenters. The number of fused-ring (bicyclic) bond motifs is 1. The molecule has 3 N–H and O–H groups in total. The summed E-state index contributed by atoms with van der Waals surface area (Å²) in [5.41, 5.74) is 8.64. The number of aromatic hydroxyl groups is 1. The molecule has 1 aromatic carbocycles. The lowest BCUT2D eigenvalue weighted by atomic mass is 9.90. The molecule has 0 heterocycles. The van der Waals surface area contributed by atoms with Gasteiger partial charge in [-0.25, -0.2) is 0 Å². The van der Waals surface area contributed by atoms with E-state index in [0.29, 0.717) is 11.4 Å². The lowest BCUT2D eigenvalue weighted by molar-refractivity contribution is 0.371. The van der Waals surface area contributed by atoms with Gasteiger partial charge in [0, 0.05) is 0 Å². The molecule has 4 heteroatoms. The van der Waals surface area contributed by atoms with E-state index >= 15 is 0 Å². The fourth-order valence-corrected chi connectivity index (χ4v) is 2.92. The zero-order chi connectivity index (χ0) is 11.0. The summed E-state index contributed by atoms with van der Waals surface area (Å²) >= 11 is 3.47. The van der Waals surface area contributed by atoms with Crippen molar-refractivity contribution < 1.29 is 9.84 Å². The second-order valence-corrected chi connectivity index (χ2v) is 4.57. The third kappa shape index (κ3) is 1.57. The molecule has 0 saturated heterocycles. The van der Waals surface area contributed by atoms with E-state index in [4.69, 9.17) is 10.5 Å². The number of methoxy groups -OCH3 is 1. The zero-order valence-electron chi connectivity index (χ0n) is 8.64. The predicted octanol–water partition coefficient (Wildman–Crippen LogP) is 2.62. The first-order valence-electron chi connectivity index (χ1n) is 5.02. The van der Waals surface area contributed by atoms with Gasteiger partial charge in [0.05, 0.1) is 17.3 Å². The van der Waals surface area contributed by atoms with Gasteiger partial charge in [-0.3, -0.25) is 0 Å². The Morgan fingerprint density at radius 1 is 1.27 bits per heavy atom. The van der Waals surface area contributed by atoms with Gasteiger partial charge in [-0.2, -0.15) is 0 Å². The van der Waals surface area contributed by atoms with Gasteiger partial charge >= 0.3 is 0 Å². The molecule has 3 nitrogen and oxygen atoms in total. The fraction of sp³-hybridized carbons (Fsp3) is 0.455. The Kier molecular flexibility index (Phi) is 2.78. The molecule has 0 saturated carbocycles. The minimum atomic E-state index is 0.0602. The number of nitrogens with two attached hydrogens (primary N) is 1. The van der Waals surface area contributed by atoms with Gasteiger partial charge in [-0.05, 0) is 52.7 Å². The number of halogens is 1. The van der Waals surface area contributed by atoms with E-state index in [1.807, 2.05) is 0 Å². The lowest BCUT2D eigenvalue weighted by Crippen LogP contribution is -2.08. The van der Waals surface area contributed by atoms with Crippen LogP contribution in [-0.4, -0.2) is 12.2 Å². The molecule has 0 amide bonds. The molecule has 1 aromatic rings. The Bertz CT molecular complexity index is 404. The summed E-state index contributed by atoms with van der Waals surface area (Å²) in [6.45, 7) is 0. The maximum absolute atomic E-state index is 9.85. The molecule has 0 aliphatic heterocycles. The molecule has 1 aliphatic carbocycles. The van der Waals surface area contributed by atoms with Crippen LogP contribution in [0.15, 0.2) is 4.47 Å². The molecule has 0 fully saturated rings. The van der Waals surface area contributed by atoms with E-state index in [2.05, 4.69) is 15.9 Å². The number of phenols is 1. The molecule has 15 heavy (non-hydrogen) atoms. The van der Waals surface area contributed by atoms with E-state index in [9.17, 15) is 5.11 Å². The predicted molar refractivity (Wildman–Crippen MR) is 63.4 cm³/mol. The average Bonchev–Trinajstić information content (AvgIpc) is 2.27. The molecule has 2 rings (SSSR count). The Morgan fingerprint density at radius 2 is 1.87 bits per heavy atom. The zero-order valence-corrected chi connectivity index (χ0v) is 10.2. The van der Waals surface area contributed by atoms with Crippen molar-refractivity contribution >= 4 is 21.6 Å². The second-order valence-electron chi connectivity index (χ2n) is 3.77.